The predicted molar refractivity (Wildman–Crippen MR) is 109 cm³/mol. The summed E-state index contributed by atoms with van der Waals surface area (Å²) in [4.78, 5) is 0. The molecule has 0 saturated heterocycles. The van der Waals surface area contributed by atoms with Crippen LogP contribution in [0.2, 0.25) is 31.2 Å². The minimum absolute atomic E-state index is 0.335. The molecule has 0 spiro atoms. The van der Waals surface area contributed by atoms with Gasteiger partial charge in [-0.05, 0) is 16.5 Å². The van der Waals surface area contributed by atoms with Crippen molar-refractivity contribution in [3.05, 3.63) is 54.4 Å². The standard InChI is InChI=1S/C20H34Si2/c1-10-20(5,22(8,9)12-3)17(4)18-13-15-19(16-14-18)21(6,7)11-2/h11-17H,2-3,10H2,1,4-9H3/t17-,20?/m0/s1. The molecule has 0 bridgehead atoms. The third-order valence-electron chi connectivity index (χ3n) is 6.34. The largest absolute Gasteiger partial charge is 0.107 e. The van der Waals surface area contributed by atoms with Gasteiger partial charge in [-0.3, -0.25) is 0 Å². The van der Waals surface area contributed by atoms with Gasteiger partial charge in [0.1, 0.15) is 8.07 Å². The molecule has 0 saturated carbocycles. The first-order valence-electron chi connectivity index (χ1n) is 8.43. The monoisotopic (exact) mass is 330 g/mol. The molecule has 0 radical (unpaired) electrons. The Labute approximate surface area is 140 Å². The molecule has 0 aromatic heterocycles. The van der Waals surface area contributed by atoms with E-state index in [0.29, 0.717) is 11.0 Å². The molecular weight excluding hydrogens is 296 g/mol. The molecule has 0 aliphatic heterocycles. The van der Waals surface area contributed by atoms with Crippen LogP contribution in [0, 0.1) is 0 Å². The summed E-state index contributed by atoms with van der Waals surface area (Å²) in [6, 6.07) is 9.36. The minimum Gasteiger partial charge on any atom is -0.107 e. The summed E-state index contributed by atoms with van der Waals surface area (Å²) in [5.41, 5.74) is 5.88. The van der Waals surface area contributed by atoms with E-state index in [0.717, 1.165) is 0 Å². The van der Waals surface area contributed by atoms with Gasteiger partial charge in [0.25, 0.3) is 0 Å². The molecule has 22 heavy (non-hydrogen) atoms. The zero-order valence-corrected chi connectivity index (χ0v) is 17.7. The van der Waals surface area contributed by atoms with Crippen molar-refractivity contribution in [1.82, 2.24) is 0 Å². The molecule has 0 aliphatic carbocycles. The van der Waals surface area contributed by atoms with Crippen LogP contribution in [-0.2, 0) is 0 Å². The molecule has 0 fully saturated rings. The highest BCUT2D eigenvalue weighted by Gasteiger charge is 2.43. The van der Waals surface area contributed by atoms with Gasteiger partial charge in [0, 0.05) is 0 Å². The van der Waals surface area contributed by atoms with Gasteiger partial charge >= 0.3 is 0 Å². The second kappa shape index (κ2) is 6.71. The van der Waals surface area contributed by atoms with E-state index < -0.39 is 16.1 Å². The van der Waals surface area contributed by atoms with Crippen LogP contribution in [-0.4, -0.2) is 16.1 Å². The van der Waals surface area contributed by atoms with Crippen molar-refractivity contribution in [2.75, 3.05) is 0 Å². The summed E-state index contributed by atoms with van der Waals surface area (Å²) in [6.45, 7) is 24.9. The van der Waals surface area contributed by atoms with Gasteiger partial charge in [0.05, 0.1) is 8.07 Å². The average molecular weight is 331 g/mol. The maximum absolute atomic E-state index is 4.14. The maximum Gasteiger partial charge on any atom is 0.103 e. The van der Waals surface area contributed by atoms with E-state index in [1.165, 1.54) is 17.2 Å². The zero-order chi connectivity index (χ0) is 17.2. The summed E-state index contributed by atoms with van der Waals surface area (Å²) in [5, 5.41) is 1.80. The van der Waals surface area contributed by atoms with Gasteiger partial charge in [-0.2, -0.15) is 0 Å². The lowest BCUT2D eigenvalue weighted by atomic mass is 9.86. The lowest BCUT2D eigenvalue weighted by molar-refractivity contribution is 0.478. The number of rotatable bonds is 7. The van der Waals surface area contributed by atoms with Crippen LogP contribution in [0.3, 0.4) is 0 Å². The summed E-state index contributed by atoms with van der Waals surface area (Å²) in [6.07, 6.45) is 1.20. The van der Waals surface area contributed by atoms with Crippen LogP contribution in [0.5, 0.6) is 0 Å². The normalized spacial score (nSPS) is 16.7. The second-order valence-electron chi connectivity index (χ2n) is 7.97. The Hall–Kier alpha value is -0.866. The molecule has 1 aromatic carbocycles. The lowest BCUT2D eigenvalue weighted by Crippen LogP contribution is -2.42. The Morgan fingerprint density at radius 3 is 1.91 bits per heavy atom. The second-order valence-corrected chi connectivity index (χ2v) is 17.4. The van der Waals surface area contributed by atoms with Gasteiger partial charge < -0.3 is 0 Å². The van der Waals surface area contributed by atoms with E-state index in [9.17, 15) is 0 Å². The molecule has 0 aliphatic rings. The Bertz CT molecular complexity index is 525. The highest BCUT2D eigenvalue weighted by Crippen LogP contribution is 2.52. The van der Waals surface area contributed by atoms with Crippen molar-refractivity contribution in [2.45, 2.75) is 64.3 Å². The Kier molecular flexibility index (Phi) is 5.85. The number of hydrogen-bond acceptors (Lipinski definition) is 0. The van der Waals surface area contributed by atoms with E-state index in [4.69, 9.17) is 0 Å². The molecular formula is C20H34Si2. The van der Waals surface area contributed by atoms with Crippen LogP contribution >= 0.6 is 0 Å². The average Bonchev–Trinajstić information content (AvgIpc) is 2.53. The fourth-order valence-electron chi connectivity index (χ4n) is 3.24. The number of benzene rings is 1. The van der Waals surface area contributed by atoms with E-state index in [-0.39, 0.29) is 0 Å². The first kappa shape index (κ1) is 19.2. The van der Waals surface area contributed by atoms with Crippen molar-refractivity contribution in [3.63, 3.8) is 0 Å². The zero-order valence-electron chi connectivity index (χ0n) is 15.7. The van der Waals surface area contributed by atoms with Crippen LogP contribution in [0.1, 0.15) is 38.7 Å². The molecule has 1 rings (SSSR count). The molecule has 2 heteroatoms. The van der Waals surface area contributed by atoms with Crippen molar-refractivity contribution in [1.29, 1.82) is 0 Å². The highest BCUT2D eigenvalue weighted by atomic mass is 28.3. The summed E-state index contributed by atoms with van der Waals surface area (Å²) < 4.78 is 0. The smallest absolute Gasteiger partial charge is 0.103 e. The maximum atomic E-state index is 4.14. The van der Waals surface area contributed by atoms with Crippen LogP contribution in [0.15, 0.2) is 48.8 Å². The molecule has 0 nitrogen and oxygen atoms in total. The van der Waals surface area contributed by atoms with E-state index >= 15 is 0 Å². The Balaban J connectivity index is 3.20. The topological polar surface area (TPSA) is 0 Å². The van der Waals surface area contributed by atoms with Crippen LogP contribution in [0.4, 0.5) is 0 Å². The Morgan fingerprint density at radius 1 is 1.05 bits per heavy atom. The fourth-order valence-corrected chi connectivity index (χ4v) is 7.16. The molecule has 1 aromatic rings. The molecule has 0 heterocycles. The van der Waals surface area contributed by atoms with Crippen molar-refractivity contribution in [3.8, 4) is 0 Å². The third kappa shape index (κ3) is 3.38. The molecule has 0 amide bonds. The van der Waals surface area contributed by atoms with Gasteiger partial charge in [0.2, 0.25) is 0 Å². The van der Waals surface area contributed by atoms with Gasteiger partial charge in [-0.25, -0.2) is 0 Å². The van der Waals surface area contributed by atoms with Gasteiger partial charge in [-0.15, -0.1) is 18.9 Å². The molecule has 2 atom stereocenters. The van der Waals surface area contributed by atoms with E-state index in [1.54, 1.807) is 0 Å². The Morgan fingerprint density at radius 2 is 1.55 bits per heavy atom. The number of hydrogen-bond donors (Lipinski definition) is 0. The highest BCUT2D eigenvalue weighted by molar-refractivity contribution is 6.93. The van der Waals surface area contributed by atoms with Crippen LogP contribution in [0.25, 0.3) is 0 Å². The van der Waals surface area contributed by atoms with Crippen molar-refractivity contribution in [2.24, 2.45) is 0 Å². The summed E-state index contributed by atoms with van der Waals surface area (Å²) in [5.74, 6) is 0.555. The van der Waals surface area contributed by atoms with Crippen molar-refractivity contribution < 1.29 is 0 Å². The molecule has 1 unspecified atom stereocenters. The lowest BCUT2D eigenvalue weighted by Gasteiger charge is -2.45. The summed E-state index contributed by atoms with van der Waals surface area (Å²) >= 11 is 0. The van der Waals surface area contributed by atoms with E-state index in [1.807, 2.05) is 0 Å². The van der Waals surface area contributed by atoms with E-state index in [2.05, 4.69) is 95.8 Å². The first-order valence-corrected chi connectivity index (χ1v) is 14.6. The quantitative estimate of drug-likeness (QED) is 0.535. The fraction of sp³-hybridized carbons (Fsp3) is 0.500. The SMILES string of the molecule is C=C[Si](C)(C)c1ccc([C@H](C)C(C)(CC)[Si](C)(C)C=C)cc1. The minimum atomic E-state index is -1.48. The molecule has 122 valence electrons. The molecule has 0 N–H and O–H groups in total. The van der Waals surface area contributed by atoms with Crippen LogP contribution < -0.4 is 5.19 Å². The third-order valence-corrected chi connectivity index (χ3v) is 13.9. The predicted octanol–water partition coefficient (Wildman–Crippen LogP) is 6.03. The first-order chi connectivity index (χ1) is 10.1. The van der Waals surface area contributed by atoms with Gasteiger partial charge in [0.15, 0.2) is 0 Å². The summed E-state index contributed by atoms with van der Waals surface area (Å²) in [7, 11) is -2.93. The van der Waals surface area contributed by atoms with Crippen molar-refractivity contribution >= 4 is 21.3 Å². The van der Waals surface area contributed by atoms with Gasteiger partial charge in [-0.1, -0.05) is 88.5 Å².